The zero-order chi connectivity index (χ0) is 51.7. The molecule has 0 saturated carbocycles. The number of benzene rings is 13. The van der Waals surface area contributed by atoms with Crippen molar-refractivity contribution in [3.8, 4) is 22.3 Å². The van der Waals surface area contributed by atoms with E-state index in [0.717, 1.165) is 134 Å². The van der Waals surface area contributed by atoms with Crippen molar-refractivity contribution in [3.05, 3.63) is 266 Å². The average molecular weight is 1000 g/mol. The van der Waals surface area contributed by atoms with Gasteiger partial charge in [-0.3, -0.25) is 0 Å². The standard InChI is InChI=1S/C68H42F6N2/c69-67(70,71)51-27-31-53(32-28-51)75(63-21-9-17-45-13-5-7-19-57(45)63)55-36-38-60-61(41-55)65(49-25-23-43-11-1-3-15-47(43)39-49)59-37-35-56(42-62(59)66(60)50-26-24-44-12-2-4-16-48(44)40-50)76(54-33-29-52(30-34-54)68(72,73)74)64-22-10-18-46-14-6-8-20-58(46)64/h1-42H. The molecule has 8 heteroatoms. The van der Waals surface area contributed by atoms with Crippen molar-refractivity contribution in [2.45, 2.75) is 12.4 Å². The molecule has 0 spiro atoms. The third-order valence-corrected chi connectivity index (χ3v) is 14.6. The Balaban J connectivity index is 1.14. The van der Waals surface area contributed by atoms with E-state index in [2.05, 4.69) is 84.9 Å². The summed E-state index contributed by atoms with van der Waals surface area (Å²) in [6, 6.07) is 80.5. The number of halogens is 6. The molecule has 0 heterocycles. The van der Waals surface area contributed by atoms with Crippen molar-refractivity contribution < 1.29 is 26.3 Å². The van der Waals surface area contributed by atoms with E-state index in [1.807, 2.05) is 131 Å². The fourth-order valence-electron chi connectivity index (χ4n) is 11.1. The van der Waals surface area contributed by atoms with Crippen LogP contribution in [0.2, 0.25) is 0 Å². The largest absolute Gasteiger partial charge is 0.416 e. The topological polar surface area (TPSA) is 6.48 Å². The summed E-state index contributed by atoms with van der Waals surface area (Å²) in [6.07, 6.45) is -9.05. The van der Waals surface area contributed by atoms with Crippen molar-refractivity contribution >= 4 is 98.8 Å². The van der Waals surface area contributed by atoms with Crippen LogP contribution >= 0.6 is 0 Å². The lowest BCUT2D eigenvalue weighted by Gasteiger charge is -2.29. The van der Waals surface area contributed by atoms with Crippen LogP contribution in [0.15, 0.2) is 255 Å². The zero-order valence-corrected chi connectivity index (χ0v) is 40.4. The van der Waals surface area contributed by atoms with Gasteiger partial charge in [-0.25, -0.2) is 0 Å². The maximum atomic E-state index is 14.1. The number of rotatable bonds is 8. The van der Waals surface area contributed by atoms with E-state index < -0.39 is 23.5 Å². The lowest BCUT2D eigenvalue weighted by atomic mass is 9.84. The van der Waals surface area contributed by atoms with E-state index in [-0.39, 0.29) is 0 Å². The third kappa shape index (κ3) is 8.19. The van der Waals surface area contributed by atoms with Crippen LogP contribution in [0, 0.1) is 0 Å². The predicted molar refractivity (Wildman–Crippen MR) is 302 cm³/mol. The lowest BCUT2D eigenvalue weighted by molar-refractivity contribution is -0.138. The average Bonchev–Trinajstić information content (AvgIpc) is 3.57. The summed E-state index contributed by atoms with van der Waals surface area (Å²) in [7, 11) is 0. The maximum Gasteiger partial charge on any atom is 0.416 e. The van der Waals surface area contributed by atoms with Crippen molar-refractivity contribution in [1.29, 1.82) is 0 Å². The molecule has 13 aromatic rings. The van der Waals surface area contributed by atoms with Crippen LogP contribution < -0.4 is 9.80 Å². The van der Waals surface area contributed by atoms with Gasteiger partial charge in [-0.05, 0) is 173 Å². The van der Waals surface area contributed by atoms with E-state index in [4.69, 9.17) is 0 Å². The second kappa shape index (κ2) is 18.2. The summed E-state index contributed by atoms with van der Waals surface area (Å²) in [5.74, 6) is 0. The van der Waals surface area contributed by atoms with E-state index in [9.17, 15) is 26.3 Å². The molecule has 0 unspecified atom stereocenters. The highest BCUT2D eigenvalue weighted by Crippen LogP contribution is 2.50. The van der Waals surface area contributed by atoms with E-state index in [1.165, 1.54) is 24.3 Å². The fraction of sp³-hybridized carbons (Fsp3) is 0.0294. The molecule has 0 atom stereocenters. The van der Waals surface area contributed by atoms with Gasteiger partial charge in [-0.2, -0.15) is 26.3 Å². The Morgan fingerprint density at radius 2 is 0.579 bits per heavy atom. The summed E-state index contributed by atoms with van der Waals surface area (Å²) in [5.41, 5.74) is 6.43. The van der Waals surface area contributed by atoms with E-state index >= 15 is 0 Å². The van der Waals surface area contributed by atoms with Crippen LogP contribution in [-0.2, 0) is 12.4 Å². The van der Waals surface area contributed by atoms with Gasteiger partial charge in [0.15, 0.2) is 0 Å². The summed E-state index contributed by atoms with van der Waals surface area (Å²) in [4.78, 5) is 4.06. The molecule has 2 nitrogen and oxygen atoms in total. The second-order valence-corrected chi connectivity index (χ2v) is 19.1. The predicted octanol–water partition coefficient (Wildman–Crippen LogP) is 20.9. The Morgan fingerprint density at radius 3 is 0.974 bits per heavy atom. The number of nitrogens with zero attached hydrogens (tertiary/aromatic N) is 2. The minimum Gasteiger partial charge on any atom is -0.310 e. The zero-order valence-electron chi connectivity index (χ0n) is 40.4. The van der Waals surface area contributed by atoms with Gasteiger partial charge in [0.2, 0.25) is 0 Å². The molecule has 366 valence electrons. The molecule has 0 saturated heterocycles. The van der Waals surface area contributed by atoms with E-state index in [1.54, 1.807) is 0 Å². The molecular weight excluding hydrogens is 959 g/mol. The first kappa shape index (κ1) is 46.4. The molecule has 0 aromatic heterocycles. The Hall–Kier alpha value is -9.40. The number of fused-ring (bicyclic) bond motifs is 6. The number of hydrogen-bond donors (Lipinski definition) is 0. The molecule has 0 aliphatic carbocycles. The van der Waals surface area contributed by atoms with Gasteiger partial charge < -0.3 is 9.80 Å². The molecule has 13 rings (SSSR count). The van der Waals surface area contributed by atoms with Crippen LogP contribution in [0.5, 0.6) is 0 Å². The first-order valence-corrected chi connectivity index (χ1v) is 24.9. The Kier molecular flexibility index (Phi) is 11.1. The summed E-state index contributed by atoms with van der Waals surface area (Å²) < 4.78 is 84.9. The van der Waals surface area contributed by atoms with Crippen molar-refractivity contribution in [2.75, 3.05) is 9.80 Å². The van der Waals surface area contributed by atoms with E-state index in [0.29, 0.717) is 11.4 Å². The lowest BCUT2D eigenvalue weighted by Crippen LogP contribution is -2.12. The quantitative estimate of drug-likeness (QED) is 0.111. The summed E-state index contributed by atoms with van der Waals surface area (Å²) in [6.45, 7) is 0. The van der Waals surface area contributed by atoms with Crippen molar-refractivity contribution in [2.24, 2.45) is 0 Å². The summed E-state index contributed by atoms with van der Waals surface area (Å²) in [5, 5.41) is 11.7. The second-order valence-electron chi connectivity index (χ2n) is 19.1. The van der Waals surface area contributed by atoms with Crippen LogP contribution in [0.3, 0.4) is 0 Å². The molecule has 76 heavy (non-hydrogen) atoms. The SMILES string of the molecule is FC(F)(F)c1ccc(N(c2ccc3c(-c4ccc5ccccc5c4)c4cc(N(c5ccc(C(F)(F)F)cc5)c5cccc6ccccc56)ccc4c(-c4ccc5ccccc5c4)c3c2)c2cccc3ccccc23)cc1. The molecule has 0 aliphatic rings. The number of hydrogen-bond acceptors (Lipinski definition) is 2. The molecule has 0 radical (unpaired) electrons. The van der Waals surface area contributed by atoms with Gasteiger partial charge in [-0.15, -0.1) is 0 Å². The first-order chi connectivity index (χ1) is 36.9. The number of anilines is 6. The highest BCUT2D eigenvalue weighted by atomic mass is 19.4. The van der Waals surface area contributed by atoms with Crippen LogP contribution in [0.1, 0.15) is 11.1 Å². The molecule has 0 aliphatic heterocycles. The smallest absolute Gasteiger partial charge is 0.310 e. The first-order valence-electron chi connectivity index (χ1n) is 24.9. The van der Waals surface area contributed by atoms with Crippen LogP contribution in [-0.4, -0.2) is 0 Å². The Labute approximate surface area is 433 Å². The molecule has 0 fully saturated rings. The van der Waals surface area contributed by atoms with Crippen molar-refractivity contribution in [3.63, 3.8) is 0 Å². The highest BCUT2D eigenvalue weighted by molar-refractivity contribution is 6.23. The fourth-order valence-corrected chi connectivity index (χ4v) is 11.1. The molecule has 0 amide bonds. The number of alkyl halides is 6. The van der Waals surface area contributed by atoms with Gasteiger partial charge in [0.05, 0.1) is 22.5 Å². The molecule has 0 N–H and O–H groups in total. The monoisotopic (exact) mass is 1000 g/mol. The van der Waals surface area contributed by atoms with Gasteiger partial charge in [0.25, 0.3) is 0 Å². The maximum absolute atomic E-state index is 14.1. The van der Waals surface area contributed by atoms with Crippen LogP contribution in [0.25, 0.3) is 86.9 Å². The Morgan fingerprint density at radius 1 is 0.237 bits per heavy atom. The van der Waals surface area contributed by atoms with Gasteiger partial charge in [0, 0.05) is 33.5 Å². The molecule has 13 aromatic carbocycles. The van der Waals surface area contributed by atoms with Gasteiger partial charge >= 0.3 is 12.4 Å². The summed E-state index contributed by atoms with van der Waals surface area (Å²) >= 11 is 0. The minimum absolute atomic E-state index is 0.549. The normalized spacial score (nSPS) is 12.1. The third-order valence-electron chi connectivity index (χ3n) is 14.6. The molecular formula is C68H42F6N2. The van der Waals surface area contributed by atoms with Crippen LogP contribution in [0.4, 0.5) is 60.5 Å². The minimum atomic E-state index is -4.52. The van der Waals surface area contributed by atoms with Gasteiger partial charge in [-0.1, -0.05) is 158 Å². The van der Waals surface area contributed by atoms with Gasteiger partial charge in [0.1, 0.15) is 0 Å². The molecule has 0 bridgehead atoms. The highest BCUT2D eigenvalue weighted by Gasteiger charge is 2.32. The van der Waals surface area contributed by atoms with Crippen molar-refractivity contribution in [1.82, 2.24) is 0 Å². The Bertz CT molecular complexity index is 4100.